The topological polar surface area (TPSA) is 63.3 Å². The summed E-state index contributed by atoms with van der Waals surface area (Å²) in [6, 6.07) is 20.8. The summed E-state index contributed by atoms with van der Waals surface area (Å²) in [4.78, 5) is 9.04. The Morgan fingerprint density at radius 1 is 0.923 bits per heavy atom. The average Bonchev–Trinajstić information content (AvgIpc) is 3.14. The van der Waals surface area contributed by atoms with E-state index in [1.807, 2.05) is 24.3 Å². The summed E-state index contributed by atoms with van der Waals surface area (Å²) < 4.78 is 0. The van der Waals surface area contributed by atoms with Crippen LogP contribution < -0.4 is 11.1 Å². The van der Waals surface area contributed by atoms with Crippen LogP contribution in [0, 0.1) is 0 Å². The van der Waals surface area contributed by atoms with Crippen LogP contribution in [0.2, 0.25) is 0 Å². The van der Waals surface area contributed by atoms with Crippen LogP contribution in [0.15, 0.2) is 71.0 Å². The monoisotopic (exact) mass is 364 g/mol. The van der Waals surface area contributed by atoms with Gasteiger partial charge in [0, 0.05) is 18.3 Å². The summed E-state index contributed by atoms with van der Waals surface area (Å²) >= 11 is 1.69. The fraction of sp³-hybridized carbons (Fsp3) is 0.238. The van der Waals surface area contributed by atoms with E-state index in [0.717, 1.165) is 36.5 Å². The van der Waals surface area contributed by atoms with Crippen molar-refractivity contribution in [1.29, 1.82) is 0 Å². The molecule has 26 heavy (non-hydrogen) atoms. The molecule has 0 aliphatic carbocycles. The molecule has 3 aromatic rings. The number of hydrogen-bond donors (Lipinski definition) is 2. The lowest BCUT2D eigenvalue weighted by Crippen LogP contribution is -2.33. The second kappa shape index (κ2) is 9.73. The van der Waals surface area contributed by atoms with Crippen molar-refractivity contribution in [2.45, 2.75) is 25.8 Å². The highest BCUT2D eigenvalue weighted by Crippen LogP contribution is 2.13. The van der Waals surface area contributed by atoms with Gasteiger partial charge in [0.25, 0.3) is 0 Å². The molecule has 5 heteroatoms. The quantitative estimate of drug-likeness (QED) is 0.474. The predicted molar refractivity (Wildman–Crippen MR) is 109 cm³/mol. The molecule has 0 amide bonds. The number of thiazole rings is 1. The molecule has 0 radical (unpaired) electrons. The zero-order chi connectivity index (χ0) is 18.0. The number of nitrogens with two attached hydrogens (primary N) is 1. The summed E-state index contributed by atoms with van der Waals surface area (Å²) in [5, 5.41) is 6.38. The van der Waals surface area contributed by atoms with Crippen molar-refractivity contribution in [2.24, 2.45) is 10.7 Å². The highest BCUT2D eigenvalue weighted by molar-refractivity contribution is 7.09. The van der Waals surface area contributed by atoms with E-state index in [9.17, 15) is 0 Å². The van der Waals surface area contributed by atoms with Gasteiger partial charge < -0.3 is 11.1 Å². The minimum absolute atomic E-state index is 0.472. The van der Waals surface area contributed by atoms with Gasteiger partial charge in [0.1, 0.15) is 0 Å². The number of guanidine groups is 1. The number of nitrogens with zero attached hydrogens (tertiary/aromatic N) is 2. The summed E-state index contributed by atoms with van der Waals surface area (Å²) in [6.07, 6.45) is 2.90. The fourth-order valence-corrected chi connectivity index (χ4v) is 3.42. The van der Waals surface area contributed by atoms with E-state index in [0.29, 0.717) is 12.5 Å². The predicted octanol–water partition coefficient (Wildman–Crippen LogP) is 3.58. The van der Waals surface area contributed by atoms with Crippen LogP contribution in [0.5, 0.6) is 0 Å². The minimum Gasteiger partial charge on any atom is -0.370 e. The normalized spacial score (nSPS) is 11.5. The van der Waals surface area contributed by atoms with Crippen molar-refractivity contribution >= 4 is 17.3 Å². The zero-order valence-electron chi connectivity index (χ0n) is 14.8. The summed E-state index contributed by atoms with van der Waals surface area (Å²) in [5.74, 6) is 0.472. The molecule has 0 atom stereocenters. The number of aromatic nitrogens is 1. The second-order valence-electron chi connectivity index (χ2n) is 6.08. The van der Waals surface area contributed by atoms with Gasteiger partial charge in [0.15, 0.2) is 5.96 Å². The molecule has 4 nitrogen and oxygen atoms in total. The molecule has 3 N–H and O–H groups in total. The third-order valence-electron chi connectivity index (χ3n) is 4.04. The maximum atomic E-state index is 5.94. The van der Waals surface area contributed by atoms with Crippen molar-refractivity contribution in [1.82, 2.24) is 10.3 Å². The Morgan fingerprint density at radius 3 is 2.27 bits per heavy atom. The summed E-state index contributed by atoms with van der Waals surface area (Å²) in [7, 11) is 0. The standard InChI is InChI=1S/C21H24N4S/c22-21(23-14-13-18-9-5-2-6-10-18)24-15-19-16-26-20(25-19)12-11-17-7-3-1-4-8-17/h1-10,16H,11-15H2,(H3,22,23,24). The van der Waals surface area contributed by atoms with E-state index in [1.165, 1.54) is 11.1 Å². The Balaban J connectivity index is 1.41. The fourth-order valence-electron chi connectivity index (χ4n) is 2.63. The highest BCUT2D eigenvalue weighted by atomic mass is 32.1. The molecular weight excluding hydrogens is 340 g/mol. The Kier molecular flexibility index (Phi) is 6.79. The molecule has 0 aliphatic rings. The summed E-state index contributed by atoms with van der Waals surface area (Å²) in [6.45, 7) is 1.30. The lowest BCUT2D eigenvalue weighted by molar-refractivity contribution is 0.843. The molecule has 3 rings (SSSR count). The van der Waals surface area contributed by atoms with Gasteiger partial charge in [-0.15, -0.1) is 11.3 Å². The first-order valence-electron chi connectivity index (χ1n) is 8.84. The van der Waals surface area contributed by atoms with Crippen molar-refractivity contribution < 1.29 is 0 Å². The first-order valence-corrected chi connectivity index (χ1v) is 9.72. The van der Waals surface area contributed by atoms with Crippen molar-refractivity contribution in [3.8, 4) is 0 Å². The van der Waals surface area contributed by atoms with Gasteiger partial charge in [-0.05, 0) is 24.0 Å². The minimum atomic E-state index is 0.472. The Morgan fingerprint density at radius 2 is 1.58 bits per heavy atom. The molecule has 134 valence electrons. The number of aryl methyl sites for hydroxylation is 2. The van der Waals surface area contributed by atoms with Crippen molar-refractivity contribution in [3.05, 3.63) is 87.9 Å². The van der Waals surface area contributed by atoms with Gasteiger partial charge in [0.2, 0.25) is 0 Å². The van der Waals surface area contributed by atoms with E-state index < -0.39 is 0 Å². The van der Waals surface area contributed by atoms with Crippen molar-refractivity contribution in [2.75, 3.05) is 6.54 Å². The van der Waals surface area contributed by atoms with E-state index in [4.69, 9.17) is 5.73 Å². The van der Waals surface area contributed by atoms with E-state index in [2.05, 4.69) is 57.1 Å². The number of nitrogens with one attached hydrogen (secondary N) is 1. The van der Waals surface area contributed by atoms with Gasteiger partial charge in [-0.2, -0.15) is 0 Å². The highest BCUT2D eigenvalue weighted by Gasteiger charge is 2.03. The smallest absolute Gasteiger partial charge is 0.188 e. The molecular formula is C21H24N4S. The molecule has 0 bridgehead atoms. The van der Waals surface area contributed by atoms with Gasteiger partial charge in [-0.25, -0.2) is 9.98 Å². The van der Waals surface area contributed by atoms with Crippen LogP contribution in [-0.2, 0) is 25.8 Å². The van der Waals surface area contributed by atoms with Crippen molar-refractivity contribution in [3.63, 3.8) is 0 Å². The largest absolute Gasteiger partial charge is 0.370 e. The molecule has 2 aromatic carbocycles. The molecule has 1 heterocycles. The Bertz CT molecular complexity index is 812. The third kappa shape index (κ3) is 6.01. The lowest BCUT2D eigenvalue weighted by Gasteiger charge is -2.05. The van der Waals surface area contributed by atoms with Crippen LogP contribution in [0.1, 0.15) is 21.8 Å². The van der Waals surface area contributed by atoms with Gasteiger partial charge in [-0.3, -0.25) is 0 Å². The molecule has 0 saturated heterocycles. The molecule has 0 spiro atoms. The number of hydrogen-bond acceptors (Lipinski definition) is 3. The molecule has 0 unspecified atom stereocenters. The number of aliphatic imine (C=N–C) groups is 1. The molecule has 0 saturated carbocycles. The molecule has 0 fully saturated rings. The average molecular weight is 365 g/mol. The van der Waals surface area contributed by atoms with Crippen LogP contribution in [0.25, 0.3) is 0 Å². The van der Waals surface area contributed by atoms with Crippen LogP contribution in [0.4, 0.5) is 0 Å². The second-order valence-corrected chi connectivity index (χ2v) is 7.02. The summed E-state index contributed by atoms with van der Waals surface area (Å²) in [5.41, 5.74) is 9.55. The Labute approximate surface area is 158 Å². The van der Waals surface area contributed by atoms with E-state index >= 15 is 0 Å². The number of benzene rings is 2. The van der Waals surface area contributed by atoms with Crippen LogP contribution >= 0.6 is 11.3 Å². The Hall–Kier alpha value is -2.66. The van der Waals surface area contributed by atoms with Crippen LogP contribution in [0.3, 0.4) is 0 Å². The van der Waals surface area contributed by atoms with Gasteiger partial charge in [-0.1, -0.05) is 60.7 Å². The SMILES string of the molecule is NC(=NCc1csc(CCc2ccccc2)n1)NCCc1ccccc1. The molecule has 0 aliphatic heterocycles. The maximum Gasteiger partial charge on any atom is 0.188 e. The zero-order valence-corrected chi connectivity index (χ0v) is 15.6. The van der Waals surface area contributed by atoms with E-state index in [1.54, 1.807) is 11.3 Å². The van der Waals surface area contributed by atoms with Crippen LogP contribution in [-0.4, -0.2) is 17.5 Å². The number of rotatable bonds is 8. The lowest BCUT2D eigenvalue weighted by atomic mass is 10.1. The first-order chi connectivity index (χ1) is 12.8. The first kappa shape index (κ1) is 18.1. The van der Waals surface area contributed by atoms with Gasteiger partial charge >= 0.3 is 0 Å². The maximum absolute atomic E-state index is 5.94. The van der Waals surface area contributed by atoms with E-state index in [-0.39, 0.29) is 0 Å². The van der Waals surface area contributed by atoms with Gasteiger partial charge in [0.05, 0.1) is 17.2 Å². The third-order valence-corrected chi connectivity index (χ3v) is 5.00. The molecule has 1 aromatic heterocycles.